The van der Waals surface area contributed by atoms with Crippen LogP contribution in [-0.4, -0.2) is 15.5 Å². The molecule has 8 heteroatoms. The summed E-state index contributed by atoms with van der Waals surface area (Å²) < 4.78 is 20.6. The lowest BCUT2D eigenvalue weighted by atomic mass is 10.3. The van der Waals surface area contributed by atoms with E-state index < -0.39 is 11.7 Å². The largest absolute Gasteiger partial charge is 0.455 e. The number of anilines is 1. The third-order valence-electron chi connectivity index (χ3n) is 3.18. The number of nitrogens with one attached hydrogen (secondary N) is 1. The molecule has 3 aromatic rings. The SMILES string of the molecule is Cn1ccnc1SCc1ccc(C(=O)Nc2ccc(F)c(Cl)c2)o1. The summed E-state index contributed by atoms with van der Waals surface area (Å²) in [5, 5.41) is 3.41. The summed E-state index contributed by atoms with van der Waals surface area (Å²) in [5.74, 6) is 0.420. The fourth-order valence-corrected chi connectivity index (χ4v) is 2.98. The molecule has 1 amide bonds. The van der Waals surface area contributed by atoms with E-state index in [-0.39, 0.29) is 10.8 Å². The average Bonchev–Trinajstić information content (AvgIpc) is 3.18. The summed E-state index contributed by atoms with van der Waals surface area (Å²) in [7, 11) is 1.91. The van der Waals surface area contributed by atoms with Gasteiger partial charge in [-0.1, -0.05) is 23.4 Å². The van der Waals surface area contributed by atoms with Crippen molar-refractivity contribution in [2.24, 2.45) is 7.05 Å². The van der Waals surface area contributed by atoms with Crippen LogP contribution in [0.3, 0.4) is 0 Å². The lowest BCUT2D eigenvalue weighted by Crippen LogP contribution is -2.10. The van der Waals surface area contributed by atoms with Gasteiger partial charge in [0.25, 0.3) is 5.91 Å². The second-order valence-corrected chi connectivity index (χ2v) is 6.31. The second kappa shape index (κ2) is 7.11. The van der Waals surface area contributed by atoms with Gasteiger partial charge in [0.2, 0.25) is 0 Å². The highest BCUT2D eigenvalue weighted by Crippen LogP contribution is 2.23. The Bertz CT molecular complexity index is 878. The minimum absolute atomic E-state index is 0.0561. The second-order valence-electron chi connectivity index (χ2n) is 4.96. The number of benzene rings is 1. The van der Waals surface area contributed by atoms with Crippen LogP contribution in [0.15, 0.2) is 52.3 Å². The van der Waals surface area contributed by atoms with Gasteiger partial charge in [-0.05, 0) is 30.3 Å². The van der Waals surface area contributed by atoms with Crippen molar-refractivity contribution in [2.75, 3.05) is 5.32 Å². The van der Waals surface area contributed by atoms with Crippen molar-refractivity contribution in [3.8, 4) is 0 Å². The van der Waals surface area contributed by atoms with Gasteiger partial charge >= 0.3 is 0 Å². The van der Waals surface area contributed by atoms with Crippen molar-refractivity contribution >= 4 is 35.0 Å². The summed E-state index contributed by atoms with van der Waals surface area (Å²) >= 11 is 7.20. The number of nitrogens with zero attached hydrogens (tertiary/aromatic N) is 2. The molecule has 3 rings (SSSR count). The molecule has 0 aliphatic heterocycles. The van der Waals surface area contributed by atoms with Crippen molar-refractivity contribution < 1.29 is 13.6 Å². The van der Waals surface area contributed by atoms with E-state index in [0.29, 0.717) is 17.2 Å². The zero-order chi connectivity index (χ0) is 17.1. The molecule has 5 nitrogen and oxygen atoms in total. The number of furan rings is 1. The first-order valence-electron chi connectivity index (χ1n) is 6.98. The molecule has 2 aromatic heterocycles. The van der Waals surface area contributed by atoms with Gasteiger partial charge in [0.1, 0.15) is 11.6 Å². The van der Waals surface area contributed by atoms with E-state index in [0.717, 1.165) is 5.16 Å². The molecule has 124 valence electrons. The topological polar surface area (TPSA) is 60.1 Å². The quantitative estimate of drug-likeness (QED) is 0.683. The zero-order valence-electron chi connectivity index (χ0n) is 12.6. The van der Waals surface area contributed by atoms with Crippen LogP contribution in [0.1, 0.15) is 16.3 Å². The van der Waals surface area contributed by atoms with Gasteiger partial charge in [-0.2, -0.15) is 0 Å². The van der Waals surface area contributed by atoms with Crippen LogP contribution < -0.4 is 5.32 Å². The van der Waals surface area contributed by atoms with Crippen LogP contribution >= 0.6 is 23.4 Å². The molecule has 0 saturated carbocycles. The molecular formula is C16H13ClFN3O2S. The van der Waals surface area contributed by atoms with Crippen LogP contribution in [-0.2, 0) is 12.8 Å². The molecule has 0 saturated heterocycles. The van der Waals surface area contributed by atoms with Crippen molar-refractivity contribution in [3.05, 3.63) is 65.1 Å². The standard InChI is InChI=1S/C16H13ClFN3O2S/c1-21-7-6-19-16(21)24-9-11-3-5-14(23-11)15(22)20-10-2-4-13(18)12(17)8-10/h2-8H,9H2,1H3,(H,20,22). The number of rotatable bonds is 5. The lowest BCUT2D eigenvalue weighted by molar-refractivity contribution is 0.0995. The maximum absolute atomic E-state index is 13.1. The number of carbonyl (C=O) groups is 1. The molecule has 0 atom stereocenters. The molecule has 1 N–H and O–H groups in total. The van der Waals surface area contributed by atoms with Gasteiger partial charge in [0.15, 0.2) is 10.9 Å². The maximum Gasteiger partial charge on any atom is 0.291 e. The highest BCUT2D eigenvalue weighted by molar-refractivity contribution is 7.98. The molecule has 24 heavy (non-hydrogen) atoms. The fourth-order valence-electron chi connectivity index (χ4n) is 1.97. The maximum atomic E-state index is 13.1. The van der Waals surface area contributed by atoms with Gasteiger partial charge in [0, 0.05) is 25.1 Å². The molecule has 0 fully saturated rings. The third-order valence-corrected chi connectivity index (χ3v) is 4.55. The van der Waals surface area contributed by atoms with Gasteiger partial charge in [-0.3, -0.25) is 4.79 Å². The predicted molar refractivity (Wildman–Crippen MR) is 90.8 cm³/mol. The summed E-state index contributed by atoms with van der Waals surface area (Å²) in [5.41, 5.74) is 0.395. The van der Waals surface area contributed by atoms with Crippen LogP contribution in [0, 0.1) is 5.82 Å². The summed E-state index contributed by atoms with van der Waals surface area (Å²) in [4.78, 5) is 16.4. The highest BCUT2D eigenvalue weighted by atomic mass is 35.5. The Balaban J connectivity index is 1.63. The number of thioether (sulfide) groups is 1. The summed E-state index contributed by atoms with van der Waals surface area (Å²) in [6.07, 6.45) is 3.58. The summed E-state index contributed by atoms with van der Waals surface area (Å²) in [6.45, 7) is 0. The molecule has 0 radical (unpaired) electrons. The first kappa shape index (κ1) is 16.6. The Morgan fingerprint density at radius 2 is 2.25 bits per heavy atom. The smallest absolute Gasteiger partial charge is 0.291 e. The number of carbonyl (C=O) groups excluding carboxylic acids is 1. The molecule has 0 aliphatic carbocycles. The van der Waals surface area contributed by atoms with Crippen molar-refractivity contribution in [1.82, 2.24) is 9.55 Å². The molecular weight excluding hydrogens is 353 g/mol. The van der Waals surface area contributed by atoms with Crippen molar-refractivity contribution in [2.45, 2.75) is 10.9 Å². The number of imidazole rings is 1. The Morgan fingerprint density at radius 1 is 1.42 bits per heavy atom. The molecule has 0 spiro atoms. The zero-order valence-corrected chi connectivity index (χ0v) is 14.2. The number of aromatic nitrogens is 2. The minimum Gasteiger partial charge on any atom is -0.455 e. The number of hydrogen-bond donors (Lipinski definition) is 1. The number of hydrogen-bond acceptors (Lipinski definition) is 4. The van der Waals surface area contributed by atoms with Gasteiger partial charge in [-0.25, -0.2) is 9.37 Å². The van der Waals surface area contributed by atoms with E-state index in [2.05, 4.69) is 10.3 Å². The third kappa shape index (κ3) is 3.80. The van der Waals surface area contributed by atoms with Crippen LogP contribution in [0.5, 0.6) is 0 Å². The first-order valence-corrected chi connectivity index (χ1v) is 8.34. The van der Waals surface area contributed by atoms with E-state index in [4.69, 9.17) is 16.0 Å². The summed E-state index contributed by atoms with van der Waals surface area (Å²) in [6, 6.07) is 7.29. The van der Waals surface area contributed by atoms with Crippen LogP contribution in [0.2, 0.25) is 5.02 Å². The Kier molecular flexibility index (Phi) is 4.92. The Hall–Kier alpha value is -2.25. The molecule has 0 bridgehead atoms. The average molecular weight is 366 g/mol. The molecule has 1 aromatic carbocycles. The van der Waals surface area contributed by atoms with Gasteiger partial charge in [0.05, 0.1) is 10.8 Å². The van der Waals surface area contributed by atoms with Crippen LogP contribution in [0.4, 0.5) is 10.1 Å². The Labute approximate surface area is 146 Å². The van der Waals surface area contributed by atoms with Crippen molar-refractivity contribution in [1.29, 1.82) is 0 Å². The number of amides is 1. The van der Waals surface area contributed by atoms with Gasteiger partial charge in [-0.15, -0.1) is 0 Å². The molecule has 2 heterocycles. The van der Waals surface area contributed by atoms with Crippen LogP contribution in [0.25, 0.3) is 0 Å². The predicted octanol–water partition coefficient (Wildman–Crippen LogP) is 4.35. The molecule has 0 unspecified atom stereocenters. The van der Waals surface area contributed by atoms with Crippen molar-refractivity contribution in [3.63, 3.8) is 0 Å². The minimum atomic E-state index is -0.540. The normalized spacial score (nSPS) is 10.8. The van der Waals surface area contributed by atoms with E-state index >= 15 is 0 Å². The highest BCUT2D eigenvalue weighted by Gasteiger charge is 2.13. The van der Waals surface area contributed by atoms with Gasteiger partial charge < -0.3 is 14.3 Å². The van der Waals surface area contributed by atoms with E-state index in [1.54, 1.807) is 18.3 Å². The molecule has 0 aliphatic rings. The Morgan fingerprint density at radius 3 is 2.96 bits per heavy atom. The van der Waals surface area contributed by atoms with E-state index in [1.165, 1.54) is 30.0 Å². The monoisotopic (exact) mass is 365 g/mol. The van der Waals surface area contributed by atoms with E-state index in [1.807, 2.05) is 17.8 Å². The number of aryl methyl sites for hydroxylation is 1. The first-order chi connectivity index (χ1) is 11.5. The fraction of sp³-hybridized carbons (Fsp3) is 0.125. The lowest BCUT2D eigenvalue weighted by Gasteiger charge is -2.04. The van der Waals surface area contributed by atoms with E-state index in [9.17, 15) is 9.18 Å². The number of halogens is 2.